The van der Waals surface area contributed by atoms with Crippen molar-refractivity contribution in [1.29, 1.82) is 5.26 Å². The average molecular weight is 274 g/mol. The minimum absolute atomic E-state index is 0.224. The van der Waals surface area contributed by atoms with Crippen LogP contribution in [0.1, 0.15) is 5.56 Å². The molecule has 19 heavy (non-hydrogen) atoms. The molecule has 0 amide bonds. The Bertz CT molecular complexity index is 670. The summed E-state index contributed by atoms with van der Waals surface area (Å²) in [7, 11) is 0. The number of hydrogen-bond acceptors (Lipinski definition) is 4. The van der Waals surface area contributed by atoms with E-state index < -0.39 is 0 Å². The van der Waals surface area contributed by atoms with Crippen molar-refractivity contribution >= 4 is 11.6 Å². The second-order valence-corrected chi connectivity index (χ2v) is 4.28. The summed E-state index contributed by atoms with van der Waals surface area (Å²) >= 11 is 5.94. The summed E-state index contributed by atoms with van der Waals surface area (Å²) in [6.45, 7) is 0.224. The molecule has 2 aromatic rings. The van der Waals surface area contributed by atoms with E-state index in [4.69, 9.17) is 31.1 Å². The summed E-state index contributed by atoms with van der Waals surface area (Å²) in [5.74, 6) is 2.52. The Hall–Kier alpha value is -2.38. The molecule has 5 heteroatoms. The van der Waals surface area contributed by atoms with Crippen molar-refractivity contribution in [3.63, 3.8) is 0 Å². The van der Waals surface area contributed by atoms with Gasteiger partial charge in [-0.1, -0.05) is 11.6 Å². The predicted octanol–water partition coefficient (Wildman–Crippen LogP) is 3.73. The van der Waals surface area contributed by atoms with Crippen molar-refractivity contribution in [2.45, 2.75) is 0 Å². The lowest BCUT2D eigenvalue weighted by molar-refractivity contribution is 0.174. The van der Waals surface area contributed by atoms with Gasteiger partial charge in [0.05, 0.1) is 10.6 Å². The average Bonchev–Trinajstić information content (AvgIpc) is 2.86. The largest absolute Gasteiger partial charge is 0.457 e. The number of hydrogen-bond donors (Lipinski definition) is 0. The fourth-order valence-corrected chi connectivity index (χ4v) is 1.94. The third kappa shape index (κ3) is 2.28. The molecule has 0 bridgehead atoms. The summed E-state index contributed by atoms with van der Waals surface area (Å²) in [4.78, 5) is 0. The molecule has 94 valence electrons. The van der Waals surface area contributed by atoms with Crippen LogP contribution in [-0.4, -0.2) is 6.79 Å². The first-order valence-corrected chi connectivity index (χ1v) is 5.91. The molecule has 1 heterocycles. The molecular formula is C14H8ClNO3. The van der Waals surface area contributed by atoms with Crippen LogP contribution >= 0.6 is 11.6 Å². The summed E-state index contributed by atoms with van der Waals surface area (Å²) in [5.41, 5.74) is 0.416. The SMILES string of the molecule is N#Cc1ccc(Oc2ccc3c(c2)OCO3)cc1Cl. The third-order valence-electron chi connectivity index (χ3n) is 2.64. The van der Waals surface area contributed by atoms with Crippen LogP contribution in [0, 0.1) is 11.3 Å². The zero-order valence-electron chi connectivity index (χ0n) is 9.72. The van der Waals surface area contributed by atoms with Gasteiger partial charge in [-0.25, -0.2) is 0 Å². The van der Waals surface area contributed by atoms with E-state index in [-0.39, 0.29) is 6.79 Å². The minimum Gasteiger partial charge on any atom is -0.457 e. The molecule has 4 nitrogen and oxygen atoms in total. The van der Waals surface area contributed by atoms with Gasteiger partial charge in [-0.15, -0.1) is 0 Å². The lowest BCUT2D eigenvalue weighted by atomic mass is 10.2. The van der Waals surface area contributed by atoms with Gasteiger partial charge >= 0.3 is 0 Å². The predicted molar refractivity (Wildman–Crippen MR) is 68.8 cm³/mol. The molecule has 2 aromatic carbocycles. The Balaban J connectivity index is 1.85. The Labute approximate surface area is 114 Å². The van der Waals surface area contributed by atoms with E-state index in [0.29, 0.717) is 33.6 Å². The van der Waals surface area contributed by atoms with Crippen molar-refractivity contribution in [3.8, 4) is 29.1 Å². The molecule has 1 aliphatic heterocycles. The first-order valence-electron chi connectivity index (χ1n) is 5.53. The van der Waals surface area contributed by atoms with Crippen LogP contribution in [0.5, 0.6) is 23.0 Å². The number of nitrogens with zero attached hydrogens (tertiary/aromatic N) is 1. The molecule has 0 spiro atoms. The highest BCUT2D eigenvalue weighted by molar-refractivity contribution is 6.31. The number of fused-ring (bicyclic) bond motifs is 1. The second kappa shape index (κ2) is 4.71. The number of nitriles is 1. The normalized spacial score (nSPS) is 12.0. The zero-order chi connectivity index (χ0) is 13.2. The summed E-state index contributed by atoms with van der Waals surface area (Å²) in [6.07, 6.45) is 0. The monoisotopic (exact) mass is 273 g/mol. The second-order valence-electron chi connectivity index (χ2n) is 3.87. The highest BCUT2D eigenvalue weighted by Crippen LogP contribution is 2.37. The van der Waals surface area contributed by atoms with Crippen LogP contribution in [0.25, 0.3) is 0 Å². The van der Waals surface area contributed by atoms with Crippen LogP contribution in [0.15, 0.2) is 36.4 Å². The van der Waals surface area contributed by atoms with Gasteiger partial charge in [-0.2, -0.15) is 5.26 Å². The topological polar surface area (TPSA) is 51.5 Å². The number of benzene rings is 2. The van der Waals surface area contributed by atoms with Gasteiger partial charge in [-0.3, -0.25) is 0 Å². The minimum atomic E-state index is 0.224. The van der Waals surface area contributed by atoms with E-state index in [1.807, 2.05) is 6.07 Å². The maximum absolute atomic E-state index is 8.80. The molecular weight excluding hydrogens is 266 g/mol. The van der Waals surface area contributed by atoms with Crippen LogP contribution < -0.4 is 14.2 Å². The maximum atomic E-state index is 8.80. The molecule has 0 unspecified atom stereocenters. The molecule has 0 atom stereocenters. The molecule has 0 aliphatic carbocycles. The quantitative estimate of drug-likeness (QED) is 0.836. The molecule has 0 N–H and O–H groups in total. The van der Waals surface area contributed by atoms with Gasteiger partial charge in [0.1, 0.15) is 17.6 Å². The number of rotatable bonds is 2. The van der Waals surface area contributed by atoms with Crippen LogP contribution in [0.3, 0.4) is 0 Å². The smallest absolute Gasteiger partial charge is 0.231 e. The molecule has 0 saturated heterocycles. The van der Waals surface area contributed by atoms with E-state index in [0.717, 1.165) is 0 Å². The molecule has 3 rings (SSSR count). The van der Waals surface area contributed by atoms with Gasteiger partial charge in [0.15, 0.2) is 11.5 Å². The number of ether oxygens (including phenoxy) is 3. The molecule has 1 aliphatic rings. The molecule has 0 fully saturated rings. The van der Waals surface area contributed by atoms with Gasteiger partial charge < -0.3 is 14.2 Å². The van der Waals surface area contributed by atoms with Crippen molar-refractivity contribution < 1.29 is 14.2 Å². The summed E-state index contributed by atoms with van der Waals surface area (Å²) in [5, 5.41) is 9.16. The van der Waals surface area contributed by atoms with Crippen molar-refractivity contribution in [3.05, 3.63) is 47.0 Å². The zero-order valence-corrected chi connectivity index (χ0v) is 10.5. The van der Waals surface area contributed by atoms with Crippen molar-refractivity contribution in [2.75, 3.05) is 6.79 Å². The van der Waals surface area contributed by atoms with Crippen molar-refractivity contribution in [2.24, 2.45) is 0 Å². The van der Waals surface area contributed by atoms with Crippen LogP contribution in [-0.2, 0) is 0 Å². The van der Waals surface area contributed by atoms with Gasteiger partial charge in [0, 0.05) is 12.1 Å². The molecule has 0 radical (unpaired) electrons. The van der Waals surface area contributed by atoms with E-state index in [2.05, 4.69) is 0 Å². The van der Waals surface area contributed by atoms with E-state index in [1.54, 1.807) is 36.4 Å². The lowest BCUT2D eigenvalue weighted by Gasteiger charge is -2.07. The van der Waals surface area contributed by atoms with Crippen LogP contribution in [0.4, 0.5) is 0 Å². The van der Waals surface area contributed by atoms with Crippen molar-refractivity contribution in [1.82, 2.24) is 0 Å². The Morgan fingerprint density at radius 1 is 1.05 bits per heavy atom. The lowest BCUT2D eigenvalue weighted by Crippen LogP contribution is -1.92. The molecule has 0 saturated carbocycles. The summed E-state index contributed by atoms with van der Waals surface area (Å²) in [6, 6.07) is 12.2. The Kier molecular flexibility index (Phi) is 2.90. The summed E-state index contributed by atoms with van der Waals surface area (Å²) < 4.78 is 16.1. The highest BCUT2D eigenvalue weighted by Gasteiger charge is 2.14. The Morgan fingerprint density at radius 3 is 2.58 bits per heavy atom. The van der Waals surface area contributed by atoms with Gasteiger partial charge in [0.25, 0.3) is 0 Å². The highest BCUT2D eigenvalue weighted by atomic mass is 35.5. The fourth-order valence-electron chi connectivity index (χ4n) is 1.73. The first-order chi connectivity index (χ1) is 9.26. The third-order valence-corrected chi connectivity index (χ3v) is 2.95. The fraction of sp³-hybridized carbons (Fsp3) is 0.0714. The van der Waals surface area contributed by atoms with Gasteiger partial charge in [0.2, 0.25) is 6.79 Å². The standard InChI is InChI=1S/C14H8ClNO3/c15-12-5-10(2-1-9(12)7-16)19-11-3-4-13-14(6-11)18-8-17-13/h1-6H,8H2. The number of halogens is 1. The van der Waals surface area contributed by atoms with E-state index in [1.165, 1.54) is 0 Å². The van der Waals surface area contributed by atoms with Crippen LogP contribution in [0.2, 0.25) is 5.02 Å². The maximum Gasteiger partial charge on any atom is 0.231 e. The Morgan fingerprint density at radius 2 is 1.79 bits per heavy atom. The first kappa shape index (κ1) is 11.7. The van der Waals surface area contributed by atoms with E-state index >= 15 is 0 Å². The van der Waals surface area contributed by atoms with Gasteiger partial charge in [-0.05, 0) is 24.3 Å². The van der Waals surface area contributed by atoms with E-state index in [9.17, 15) is 0 Å². The molecule has 0 aromatic heterocycles.